The molecule has 1 heterocycles. The number of para-hydroxylation sites is 1. The third-order valence-corrected chi connectivity index (χ3v) is 1.95. The fourth-order valence-electron chi connectivity index (χ4n) is 1.29. The van der Waals surface area contributed by atoms with Gasteiger partial charge < -0.3 is 9.26 Å². The largest absolute Gasteiger partial charge is 0.496 e. The van der Waals surface area contributed by atoms with Gasteiger partial charge in [0.2, 0.25) is 6.39 Å². The zero-order valence-corrected chi connectivity index (χ0v) is 7.80. The Kier molecular flexibility index (Phi) is 2.44. The summed E-state index contributed by atoms with van der Waals surface area (Å²) in [6.45, 7) is 0. The lowest BCUT2D eigenvalue weighted by atomic mass is 10.1. The molecular weight excluding hydrogens is 180 g/mol. The number of hydrogen-bond acceptors (Lipinski definition) is 4. The van der Waals surface area contributed by atoms with Gasteiger partial charge in [0, 0.05) is 12.0 Å². The summed E-state index contributed by atoms with van der Waals surface area (Å²) in [4.78, 5) is 3.95. The Labute approximate surface area is 81.5 Å². The first-order chi connectivity index (χ1) is 6.90. The van der Waals surface area contributed by atoms with Gasteiger partial charge in [-0.1, -0.05) is 23.4 Å². The van der Waals surface area contributed by atoms with Crippen LogP contribution in [0.4, 0.5) is 0 Å². The summed E-state index contributed by atoms with van der Waals surface area (Å²) in [5, 5.41) is 3.75. The molecule has 0 N–H and O–H groups in total. The van der Waals surface area contributed by atoms with Crippen LogP contribution in [0.5, 0.6) is 5.75 Å². The molecule has 0 aliphatic heterocycles. The summed E-state index contributed by atoms with van der Waals surface area (Å²) >= 11 is 0. The van der Waals surface area contributed by atoms with Gasteiger partial charge in [0.25, 0.3) is 0 Å². The van der Waals surface area contributed by atoms with Crippen LogP contribution in [-0.2, 0) is 6.42 Å². The lowest BCUT2D eigenvalue weighted by molar-refractivity contribution is 0.405. The molecule has 1 aromatic carbocycles. The van der Waals surface area contributed by atoms with E-state index in [1.165, 1.54) is 6.39 Å². The van der Waals surface area contributed by atoms with Gasteiger partial charge in [-0.15, -0.1) is 0 Å². The maximum Gasteiger partial charge on any atom is 0.213 e. The first kappa shape index (κ1) is 8.74. The number of nitrogens with zero attached hydrogens (tertiary/aromatic N) is 2. The first-order valence-corrected chi connectivity index (χ1v) is 4.27. The van der Waals surface area contributed by atoms with Crippen molar-refractivity contribution in [3.63, 3.8) is 0 Å². The number of ether oxygens (including phenoxy) is 1. The van der Waals surface area contributed by atoms with Crippen molar-refractivity contribution in [2.45, 2.75) is 6.42 Å². The third kappa shape index (κ3) is 1.74. The monoisotopic (exact) mass is 190 g/mol. The summed E-state index contributed by atoms with van der Waals surface area (Å²) in [5.41, 5.74) is 1.05. The molecule has 0 fully saturated rings. The van der Waals surface area contributed by atoms with Crippen LogP contribution in [0.15, 0.2) is 35.2 Å². The van der Waals surface area contributed by atoms with Crippen LogP contribution in [0, 0.1) is 0 Å². The van der Waals surface area contributed by atoms with Crippen LogP contribution in [-0.4, -0.2) is 17.3 Å². The maximum absolute atomic E-state index is 5.21. The van der Waals surface area contributed by atoms with Gasteiger partial charge in [0.1, 0.15) is 5.75 Å². The quantitative estimate of drug-likeness (QED) is 0.738. The van der Waals surface area contributed by atoms with Gasteiger partial charge in [0.05, 0.1) is 7.11 Å². The average Bonchev–Trinajstić information content (AvgIpc) is 2.71. The maximum atomic E-state index is 5.21. The molecule has 0 spiro atoms. The molecule has 1 aromatic heterocycles. The average molecular weight is 190 g/mol. The number of rotatable bonds is 3. The van der Waals surface area contributed by atoms with Crippen molar-refractivity contribution < 1.29 is 9.26 Å². The molecule has 0 radical (unpaired) electrons. The minimum absolute atomic E-state index is 0.626. The Morgan fingerprint density at radius 1 is 1.36 bits per heavy atom. The molecule has 0 atom stereocenters. The molecule has 0 bridgehead atoms. The Bertz CT molecular complexity index is 398. The highest BCUT2D eigenvalue weighted by Gasteiger charge is 2.05. The van der Waals surface area contributed by atoms with Crippen molar-refractivity contribution in [1.29, 1.82) is 0 Å². The van der Waals surface area contributed by atoms with Crippen molar-refractivity contribution >= 4 is 0 Å². The highest BCUT2D eigenvalue weighted by Crippen LogP contribution is 2.19. The molecule has 0 aliphatic rings. The zero-order chi connectivity index (χ0) is 9.80. The Hall–Kier alpha value is -1.84. The molecule has 2 aromatic rings. The van der Waals surface area contributed by atoms with Crippen LogP contribution in [0.1, 0.15) is 11.4 Å². The smallest absolute Gasteiger partial charge is 0.213 e. The molecule has 0 unspecified atom stereocenters. The van der Waals surface area contributed by atoms with Gasteiger partial charge in [-0.2, -0.15) is 4.98 Å². The van der Waals surface area contributed by atoms with Crippen LogP contribution in [0.25, 0.3) is 0 Å². The van der Waals surface area contributed by atoms with Gasteiger partial charge in [0.15, 0.2) is 5.82 Å². The van der Waals surface area contributed by atoms with E-state index in [1.807, 2.05) is 24.3 Å². The Morgan fingerprint density at radius 3 is 2.93 bits per heavy atom. The predicted molar refractivity (Wildman–Crippen MR) is 50.1 cm³/mol. The van der Waals surface area contributed by atoms with E-state index in [1.54, 1.807) is 7.11 Å². The van der Waals surface area contributed by atoms with Crippen LogP contribution < -0.4 is 4.74 Å². The molecule has 0 aliphatic carbocycles. The summed E-state index contributed by atoms with van der Waals surface area (Å²) in [6.07, 6.45) is 1.95. The van der Waals surface area contributed by atoms with Gasteiger partial charge >= 0.3 is 0 Å². The van der Waals surface area contributed by atoms with Crippen LogP contribution >= 0.6 is 0 Å². The number of methoxy groups -OCH3 is 1. The van der Waals surface area contributed by atoms with E-state index in [-0.39, 0.29) is 0 Å². The molecule has 0 amide bonds. The van der Waals surface area contributed by atoms with E-state index in [2.05, 4.69) is 14.7 Å². The second kappa shape index (κ2) is 3.91. The minimum Gasteiger partial charge on any atom is -0.496 e. The minimum atomic E-state index is 0.626. The fourth-order valence-corrected chi connectivity index (χ4v) is 1.29. The van der Waals surface area contributed by atoms with E-state index >= 15 is 0 Å². The molecule has 4 heteroatoms. The number of benzene rings is 1. The molecule has 72 valence electrons. The fraction of sp³-hybridized carbons (Fsp3) is 0.200. The SMILES string of the molecule is COc1ccccc1Cc1ncon1. The first-order valence-electron chi connectivity index (χ1n) is 4.27. The Balaban J connectivity index is 2.24. The molecular formula is C10H10N2O2. The van der Waals surface area contributed by atoms with Gasteiger partial charge in [-0.05, 0) is 6.07 Å². The molecule has 2 rings (SSSR count). The number of hydrogen-bond donors (Lipinski definition) is 0. The second-order valence-corrected chi connectivity index (χ2v) is 2.84. The van der Waals surface area contributed by atoms with E-state index in [0.717, 1.165) is 11.3 Å². The molecule has 0 saturated heterocycles. The highest BCUT2D eigenvalue weighted by atomic mass is 16.5. The van der Waals surface area contributed by atoms with E-state index in [9.17, 15) is 0 Å². The lowest BCUT2D eigenvalue weighted by Gasteiger charge is -2.04. The van der Waals surface area contributed by atoms with E-state index in [0.29, 0.717) is 12.2 Å². The second-order valence-electron chi connectivity index (χ2n) is 2.84. The summed E-state index contributed by atoms with van der Waals surface area (Å²) in [7, 11) is 1.65. The normalized spacial score (nSPS) is 10.1. The van der Waals surface area contributed by atoms with Crippen LogP contribution in [0.3, 0.4) is 0 Å². The highest BCUT2D eigenvalue weighted by molar-refractivity contribution is 5.34. The topological polar surface area (TPSA) is 48.2 Å². The third-order valence-electron chi connectivity index (χ3n) is 1.95. The van der Waals surface area contributed by atoms with Crippen molar-refractivity contribution in [3.8, 4) is 5.75 Å². The van der Waals surface area contributed by atoms with Crippen molar-refractivity contribution in [2.24, 2.45) is 0 Å². The van der Waals surface area contributed by atoms with Crippen molar-refractivity contribution in [2.75, 3.05) is 7.11 Å². The van der Waals surface area contributed by atoms with Crippen molar-refractivity contribution in [1.82, 2.24) is 10.1 Å². The lowest BCUT2D eigenvalue weighted by Crippen LogP contribution is -1.94. The van der Waals surface area contributed by atoms with Gasteiger partial charge in [-0.25, -0.2) is 0 Å². The predicted octanol–water partition coefficient (Wildman–Crippen LogP) is 1.67. The summed E-state index contributed by atoms with van der Waals surface area (Å²) < 4.78 is 9.87. The zero-order valence-electron chi connectivity index (χ0n) is 7.80. The Morgan fingerprint density at radius 2 is 2.21 bits per heavy atom. The van der Waals surface area contributed by atoms with Gasteiger partial charge in [-0.3, -0.25) is 0 Å². The summed E-state index contributed by atoms with van der Waals surface area (Å²) in [6, 6.07) is 7.78. The van der Waals surface area contributed by atoms with Crippen molar-refractivity contribution in [3.05, 3.63) is 42.0 Å². The molecule has 4 nitrogen and oxygen atoms in total. The summed E-state index contributed by atoms with van der Waals surface area (Å²) in [5.74, 6) is 1.51. The van der Waals surface area contributed by atoms with Crippen LogP contribution in [0.2, 0.25) is 0 Å². The number of aromatic nitrogens is 2. The van der Waals surface area contributed by atoms with E-state index < -0.39 is 0 Å². The van der Waals surface area contributed by atoms with E-state index in [4.69, 9.17) is 4.74 Å². The standard InChI is InChI=1S/C10H10N2O2/c1-13-9-5-3-2-4-8(9)6-10-11-7-14-12-10/h2-5,7H,6H2,1H3. The molecule has 14 heavy (non-hydrogen) atoms. The molecule has 0 saturated carbocycles.